The monoisotopic (exact) mass is 1020 g/mol. The van der Waals surface area contributed by atoms with Crippen LogP contribution in [-0.2, 0) is 37.0 Å². The van der Waals surface area contributed by atoms with Crippen LogP contribution in [0.1, 0.15) is 79.1 Å². The van der Waals surface area contributed by atoms with E-state index in [2.05, 4.69) is 26.0 Å². The number of benzene rings is 2. The Kier molecular flexibility index (Phi) is 19.8. The van der Waals surface area contributed by atoms with Crippen LogP contribution < -0.4 is 23.7 Å². The summed E-state index contributed by atoms with van der Waals surface area (Å²) in [4.78, 5) is 61.1. The Morgan fingerprint density at radius 2 is 1.19 bits per heavy atom. The van der Waals surface area contributed by atoms with Gasteiger partial charge in [-0.3, -0.25) is 29.4 Å². The second-order valence-electron chi connectivity index (χ2n) is 18.5. The van der Waals surface area contributed by atoms with E-state index in [9.17, 15) is 14.4 Å². The highest BCUT2D eigenvalue weighted by Crippen LogP contribution is 2.41. The maximum absolute atomic E-state index is 13.8. The second-order valence-corrected chi connectivity index (χ2v) is 20.0. The van der Waals surface area contributed by atoms with Crippen molar-refractivity contribution >= 4 is 60.3 Å². The zero-order valence-electron chi connectivity index (χ0n) is 43.4. The number of carbonyl (C=O) groups excluding carboxylic acids is 3. The summed E-state index contributed by atoms with van der Waals surface area (Å²) in [7, 11) is 6.71. The van der Waals surface area contributed by atoms with Crippen LogP contribution in [0.2, 0.25) is 0 Å². The standard InChI is InChI=1S/C53H69BN6O12S/c1-8-35-20-39-28-55-44-26-48(46(65-6)24-42(44)51(62)59(39)30-35)71-32-37-22-41(70-13-11-58(34-53(3,4)73-54)50(61)10-12-67-16-17-69-19-18-68-15-14-64-5)23-38(57-37)33-72-49-27-45-43(25-47(49)66-7)52(63)60-31-36(9-2)21-40(60)29-56-45/h8-9,22-29,39-40H,10-21,30-34,54H2,1-7H3/b35-8+,36-9+/t39-,40?/m0/s1. The van der Waals surface area contributed by atoms with Crippen LogP contribution in [0.4, 0.5) is 11.4 Å². The first-order chi connectivity index (χ1) is 35.4. The Hall–Kier alpha value is -5.93. The molecule has 1 unspecified atom stereocenters. The lowest BCUT2D eigenvalue weighted by Gasteiger charge is -2.32. The number of amides is 3. The first kappa shape index (κ1) is 54.8. The summed E-state index contributed by atoms with van der Waals surface area (Å²) in [5.74, 6) is 1.69. The fourth-order valence-corrected chi connectivity index (χ4v) is 9.06. The van der Waals surface area contributed by atoms with Gasteiger partial charge in [0, 0.05) is 68.2 Å². The van der Waals surface area contributed by atoms with E-state index in [-0.39, 0.29) is 67.4 Å². The molecule has 73 heavy (non-hydrogen) atoms. The fourth-order valence-electron chi connectivity index (χ4n) is 8.77. The Morgan fingerprint density at radius 3 is 1.66 bits per heavy atom. The number of methoxy groups -OCH3 is 3. The third-order valence-corrected chi connectivity index (χ3v) is 14.3. The SMILES string of the molecule is BSC(C)(C)CN(CCOc1cc(COc2cc3c(cc2OC)C(=O)N2C/C(=C/C)CC2C=N3)nc(COc2cc3c(cc2OC)C(=O)N2C/C(=C/C)C[C@H]2C=N3)c1)C(=O)CCOCCOCCOCCOC. The quantitative estimate of drug-likeness (QED) is 0.0467. The van der Waals surface area contributed by atoms with Gasteiger partial charge in [0.25, 0.3) is 11.8 Å². The van der Waals surface area contributed by atoms with Crippen LogP contribution in [0.5, 0.6) is 28.7 Å². The van der Waals surface area contributed by atoms with E-state index in [4.69, 9.17) is 57.6 Å². The third kappa shape index (κ3) is 14.4. The number of ether oxygens (including phenoxy) is 9. The largest absolute Gasteiger partial charge is 0.493 e. The summed E-state index contributed by atoms with van der Waals surface area (Å²) in [5, 5.41) is 0. The van der Waals surface area contributed by atoms with Crippen molar-refractivity contribution in [3.63, 3.8) is 0 Å². The number of aromatic nitrogens is 1. The molecule has 2 saturated heterocycles. The van der Waals surface area contributed by atoms with Gasteiger partial charge in [0.2, 0.25) is 5.91 Å². The van der Waals surface area contributed by atoms with E-state index >= 15 is 0 Å². The fraction of sp³-hybridized carbons (Fsp3) is 0.509. The lowest BCUT2D eigenvalue weighted by Crippen LogP contribution is -2.43. The van der Waals surface area contributed by atoms with Gasteiger partial charge < -0.3 is 57.3 Å². The molecule has 0 bridgehead atoms. The molecule has 0 radical (unpaired) electrons. The smallest absolute Gasteiger partial charge is 0.257 e. The first-order valence-corrected chi connectivity index (χ1v) is 26.0. The van der Waals surface area contributed by atoms with Gasteiger partial charge in [-0.15, -0.1) is 0 Å². The van der Waals surface area contributed by atoms with Gasteiger partial charge >= 0.3 is 0 Å². The minimum atomic E-state index is -0.217. The minimum absolute atomic E-state index is 0.0122. The lowest BCUT2D eigenvalue weighted by atomic mass is 10.1. The van der Waals surface area contributed by atoms with Crippen molar-refractivity contribution in [2.45, 2.75) is 77.0 Å². The molecule has 3 aromatic rings. The number of hydrogen-bond acceptors (Lipinski definition) is 16. The number of fused-ring (bicyclic) bond motifs is 4. The predicted molar refractivity (Wildman–Crippen MR) is 283 cm³/mol. The normalized spacial score (nSPS) is 18.1. The molecule has 0 aliphatic carbocycles. The van der Waals surface area contributed by atoms with E-state index in [1.165, 1.54) is 25.4 Å². The van der Waals surface area contributed by atoms with Crippen LogP contribution in [0.3, 0.4) is 0 Å². The van der Waals surface area contributed by atoms with Crippen LogP contribution in [0, 0.1) is 0 Å². The van der Waals surface area contributed by atoms with Gasteiger partial charge in [-0.05, 0) is 52.7 Å². The van der Waals surface area contributed by atoms with E-state index in [1.807, 2.05) is 48.1 Å². The summed E-state index contributed by atoms with van der Waals surface area (Å²) in [5.41, 5.74) is 5.23. The highest BCUT2D eigenvalue weighted by atomic mass is 32.2. The summed E-state index contributed by atoms with van der Waals surface area (Å²) in [6.45, 7) is 13.2. The molecule has 4 aliphatic heterocycles. The van der Waals surface area contributed by atoms with Gasteiger partial charge in [0.15, 0.2) is 30.1 Å². The molecule has 392 valence electrons. The molecule has 20 heteroatoms. The van der Waals surface area contributed by atoms with E-state index < -0.39 is 0 Å². The number of hydrogen-bond donors (Lipinski definition) is 0. The average Bonchev–Trinajstić information content (AvgIpc) is 3.97. The molecule has 0 N–H and O–H groups in total. The molecule has 5 heterocycles. The van der Waals surface area contributed by atoms with E-state index in [0.29, 0.717) is 128 Å². The molecule has 18 nitrogen and oxygen atoms in total. The molecule has 7 rings (SSSR count). The number of rotatable bonds is 27. The minimum Gasteiger partial charge on any atom is -0.493 e. The van der Waals surface area contributed by atoms with Gasteiger partial charge in [0.1, 0.15) is 25.6 Å². The highest BCUT2D eigenvalue weighted by Gasteiger charge is 2.36. The van der Waals surface area contributed by atoms with Crippen molar-refractivity contribution in [3.05, 3.63) is 82.2 Å². The molecule has 4 aliphatic rings. The number of carbonyl (C=O) groups is 3. The van der Waals surface area contributed by atoms with Crippen molar-refractivity contribution in [3.8, 4) is 28.7 Å². The van der Waals surface area contributed by atoms with Crippen molar-refractivity contribution < 1.29 is 57.0 Å². The second kappa shape index (κ2) is 26.3. The molecule has 0 spiro atoms. The van der Waals surface area contributed by atoms with Gasteiger partial charge in [-0.25, -0.2) is 11.6 Å². The summed E-state index contributed by atoms with van der Waals surface area (Å²) in [6, 6.07) is 10.1. The van der Waals surface area contributed by atoms with Crippen molar-refractivity contribution in [2.75, 3.05) is 100 Å². The molecule has 0 saturated carbocycles. The van der Waals surface area contributed by atoms with Crippen molar-refractivity contribution in [2.24, 2.45) is 9.98 Å². The molecule has 2 aromatic carbocycles. The Balaban J connectivity index is 1.07. The Bertz CT molecular complexity index is 2420. The molecule has 2 atom stereocenters. The van der Waals surface area contributed by atoms with Gasteiger partial charge in [0.05, 0.1) is 119 Å². The van der Waals surface area contributed by atoms with Crippen molar-refractivity contribution in [1.82, 2.24) is 19.7 Å². The molecule has 3 amide bonds. The first-order valence-electron chi connectivity index (χ1n) is 24.7. The maximum Gasteiger partial charge on any atom is 0.257 e. The maximum atomic E-state index is 13.8. The molecular formula is C53H69BN6O12S. The predicted octanol–water partition coefficient (Wildman–Crippen LogP) is 6.36. The average molecular weight is 1030 g/mol. The van der Waals surface area contributed by atoms with Crippen LogP contribution in [-0.4, -0.2) is 174 Å². The van der Waals surface area contributed by atoms with Crippen LogP contribution in [0.15, 0.2) is 69.7 Å². The topological polar surface area (TPSA) is 182 Å². The zero-order valence-corrected chi connectivity index (χ0v) is 44.3. The highest BCUT2D eigenvalue weighted by molar-refractivity contribution is 8.20. The number of aliphatic imine (C=N–C) groups is 2. The lowest BCUT2D eigenvalue weighted by molar-refractivity contribution is -0.133. The van der Waals surface area contributed by atoms with Gasteiger partial charge in [-0.1, -0.05) is 23.3 Å². The Labute approximate surface area is 433 Å². The Morgan fingerprint density at radius 1 is 0.699 bits per heavy atom. The van der Waals surface area contributed by atoms with Crippen molar-refractivity contribution in [1.29, 1.82) is 0 Å². The van der Waals surface area contributed by atoms with E-state index in [1.54, 1.807) is 55.1 Å². The zero-order chi connectivity index (χ0) is 51.9. The van der Waals surface area contributed by atoms with Crippen LogP contribution in [0.25, 0.3) is 0 Å². The number of pyridine rings is 1. The molecular weight excluding hydrogens is 955 g/mol. The number of nitrogens with zero attached hydrogens (tertiary/aromatic N) is 6. The van der Waals surface area contributed by atoms with Gasteiger partial charge in [-0.2, -0.15) is 0 Å². The molecule has 1 aromatic heterocycles. The summed E-state index contributed by atoms with van der Waals surface area (Å²) < 4.78 is 52.3. The van der Waals surface area contributed by atoms with Crippen LogP contribution >= 0.6 is 11.6 Å². The number of allylic oxidation sites excluding steroid dienone is 2. The van der Waals surface area contributed by atoms with E-state index in [0.717, 1.165) is 12.8 Å². The molecule has 2 fully saturated rings. The third-order valence-electron chi connectivity index (χ3n) is 13.0. The summed E-state index contributed by atoms with van der Waals surface area (Å²) in [6.07, 6.45) is 9.43. The summed E-state index contributed by atoms with van der Waals surface area (Å²) >= 11 is 1.68.